The van der Waals surface area contributed by atoms with Crippen LogP contribution in [-0.4, -0.2) is 21.8 Å². The Morgan fingerprint density at radius 1 is 1.56 bits per heavy atom. The Hall–Kier alpha value is -1.35. The van der Waals surface area contributed by atoms with Crippen LogP contribution in [-0.2, 0) is 11.2 Å². The summed E-state index contributed by atoms with van der Waals surface area (Å²) in [5, 5.41) is 13.6. The summed E-state index contributed by atoms with van der Waals surface area (Å²) >= 11 is 0. The minimum Gasteiger partial charge on any atom is -0.481 e. The fourth-order valence-corrected chi connectivity index (χ4v) is 1.15. The van der Waals surface area contributed by atoms with Gasteiger partial charge in [-0.2, -0.15) is 0 Å². The van der Waals surface area contributed by atoms with Gasteiger partial charge in [0.2, 0.25) is 0 Å². The highest BCUT2D eigenvalue weighted by Crippen LogP contribution is 2.18. The van der Waals surface area contributed by atoms with Gasteiger partial charge in [0.1, 0.15) is 0 Å². The molecule has 0 heterocycles. The lowest BCUT2D eigenvalue weighted by Crippen LogP contribution is -2.21. The van der Waals surface area contributed by atoms with Gasteiger partial charge < -0.3 is 10.2 Å². The smallest absolute Gasteiger partial charge is 0.310 e. The summed E-state index contributed by atoms with van der Waals surface area (Å²) in [6, 6.07) is -1.95. The molecule has 0 aliphatic carbocycles. The first-order valence-electron chi connectivity index (χ1n) is 7.75. The first-order chi connectivity index (χ1) is 9.84. The van der Waals surface area contributed by atoms with E-state index in [-0.39, 0.29) is 12.0 Å². The van der Waals surface area contributed by atoms with Crippen molar-refractivity contribution in [2.75, 3.05) is 0 Å². The van der Waals surface area contributed by atoms with E-state index >= 15 is 0 Å². The fraction of sp³-hybridized carbons (Fsp3) is 0.462. The molecular weight excluding hydrogens is 204 g/mol. The molecule has 0 aromatic heterocycles. The van der Waals surface area contributed by atoms with Gasteiger partial charge in [0.05, 0.1) is 17.0 Å². The molecule has 0 fully saturated rings. The lowest BCUT2D eigenvalue weighted by atomic mass is 9.95. The summed E-state index contributed by atoms with van der Waals surface area (Å²) < 4.78 is 46.3. The van der Waals surface area contributed by atoms with E-state index in [1.165, 1.54) is 13.8 Å². The largest absolute Gasteiger partial charge is 0.481 e. The SMILES string of the molecule is [2H]OC(=O)C([2H])(C)c1c([2H])c([2H])c(CC(C)(C)O)c([2H])c1[2H]. The minimum atomic E-state index is -2.24. The van der Waals surface area contributed by atoms with Gasteiger partial charge in [-0.1, -0.05) is 24.2 Å². The molecule has 0 bridgehead atoms. The van der Waals surface area contributed by atoms with Crippen LogP contribution in [0.4, 0.5) is 0 Å². The molecular formula is C13H18O3. The van der Waals surface area contributed by atoms with Crippen molar-refractivity contribution in [3.63, 3.8) is 0 Å². The second kappa shape index (κ2) is 4.66. The van der Waals surface area contributed by atoms with Crippen LogP contribution in [0.25, 0.3) is 1.43 Å². The van der Waals surface area contributed by atoms with Crippen molar-refractivity contribution in [1.82, 2.24) is 0 Å². The molecule has 0 amide bonds. The van der Waals surface area contributed by atoms with E-state index in [0.717, 1.165) is 6.92 Å². The second-order valence-electron chi connectivity index (χ2n) is 4.26. The Morgan fingerprint density at radius 3 is 2.56 bits per heavy atom. The van der Waals surface area contributed by atoms with Crippen LogP contribution in [0.3, 0.4) is 0 Å². The summed E-state index contributed by atoms with van der Waals surface area (Å²) in [5.74, 6) is -3.54. The van der Waals surface area contributed by atoms with Crippen LogP contribution in [0, 0.1) is 0 Å². The Labute approximate surface area is 104 Å². The lowest BCUT2D eigenvalue weighted by Gasteiger charge is -2.17. The summed E-state index contributed by atoms with van der Waals surface area (Å²) in [6.07, 6.45) is -0.111. The summed E-state index contributed by atoms with van der Waals surface area (Å²) in [5.41, 5.74) is -1.70. The van der Waals surface area contributed by atoms with E-state index in [4.69, 9.17) is 8.28 Å². The normalized spacial score (nSPS) is 20.5. The van der Waals surface area contributed by atoms with E-state index in [2.05, 4.69) is 5.11 Å². The van der Waals surface area contributed by atoms with Crippen molar-refractivity contribution in [1.29, 1.82) is 1.43 Å². The predicted octanol–water partition coefficient (Wildman–Crippen LogP) is 2.19. The van der Waals surface area contributed by atoms with Gasteiger partial charge >= 0.3 is 5.97 Å². The van der Waals surface area contributed by atoms with E-state index < -0.39 is 47.2 Å². The van der Waals surface area contributed by atoms with Crippen molar-refractivity contribution in [2.24, 2.45) is 0 Å². The molecule has 0 radical (unpaired) electrons. The molecule has 3 nitrogen and oxygen atoms in total. The number of rotatable bonds is 4. The van der Waals surface area contributed by atoms with Gasteiger partial charge in [-0.25, -0.2) is 0 Å². The number of carboxylic acid groups (broad SMARTS) is 1. The zero-order valence-electron chi connectivity index (χ0n) is 15.5. The van der Waals surface area contributed by atoms with Gasteiger partial charge in [0.15, 0.2) is 0 Å². The van der Waals surface area contributed by atoms with Crippen molar-refractivity contribution in [3.8, 4) is 0 Å². The number of aliphatic hydroxyl groups is 1. The molecule has 1 unspecified atom stereocenters. The number of hydrogen-bond donors (Lipinski definition) is 2. The first kappa shape index (κ1) is 6.40. The van der Waals surface area contributed by atoms with Gasteiger partial charge in [0, 0.05) is 7.79 Å². The van der Waals surface area contributed by atoms with E-state index in [1.54, 1.807) is 0 Å². The van der Waals surface area contributed by atoms with Gasteiger partial charge in [-0.3, -0.25) is 4.79 Å². The summed E-state index contributed by atoms with van der Waals surface area (Å²) in [6.45, 7) is 3.99. The fourth-order valence-electron chi connectivity index (χ4n) is 1.15. The quantitative estimate of drug-likeness (QED) is 0.830. The highest BCUT2D eigenvalue weighted by atomic mass is 16.4. The lowest BCUT2D eigenvalue weighted by molar-refractivity contribution is -0.138. The highest BCUT2D eigenvalue weighted by molar-refractivity contribution is 5.75. The number of benzene rings is 1. The molecule has 1 atom stereocenters. The topological polar surface area (TPSA) is 57.5 Å². The molecule has 1 aromatic rings. The molecule has 0 spiro atoms. The summed E-state index contributed by atoms with van der Waals surface area (Å²) in [4.78, 5) is 11.5. The van der Waals surface area contributed by atoms with Crippen molar-refractivity contribution in [3.05, 3.63) is 35.3 Å². The molecule has 0 saturated carbocycles. The van der Waals surface area contributed by atoms with Gasteiger partial charge in [-0.15, -0.1) is 0 Å². The van der Waals surface area contributed by atoms with Gasteiger partial charge in [-0.05, 0) is 31.9 Å². The second-order valence-corrected chi connectivity index (χ2v) is 4.26. The third-order valence-corrected chi connectivity index (χ3v) is 1.97. The van der Waals surface area contributed by atoms with Crippen LogP contribution >= 0.6 is 0 Å². The molecule has 3 heteroatoms. The zero-order chi connectivity index (χ0) is 17.5. The molecule has 88 valence electrons. The minimum absolute atomic E-state index is 0.00120. The van der Waals surface area contributed by atoms with Crippen LogP contribution in [0.15, 0.2) is 24.2 Å². The van der Waals surface area contributed by atoms with E-state index in [1.807, 2.05) is 0 Å². The van der Waals surface area contributed by atoms with Crippen molar-refractivity contribution >= 4 is 5.97 Å². The molecule has 1 rings (SSSR count). The Kier molecular flexibility index (Phi) is 1.86. The van der Waals surface area contributed by atoms with Crippen LogP contribution in [0.5, 0.6) is 0 Å². The molecule has 0 saturated heterocycles. The highest BCUT2D eigenvalue weighted by Gasteiger charge is 2.15. The maximum absolute atomic E-state index is 11.5. The molecule has 0 aliphatic heterocycles. The third kappa shape index (κ3) is 3.66. The predicted molar refractivity (Wildman–Crippen MR) is 62.5 cm³/mol. The molecule has 1 aromatic carbocycles. The maximum Gasteiger partial charge on any atom is 0.310 e. The van der Waals surface area contributed by atoms with Crippen molar-refractivity contribution in [2.45, 2.75) is 38.7 Å². The molecule has 16 heavy (non-hydrogen) atoms. The Balaban J connectivity index is 3.64. The van der Waals surface area contributed by atoms with Crippen LogP contribution in [0.1, 0.15) is 44.6 Å². The van der Waals surface area contributed by atoms with Gasteiger partial charge in [0.25, 0.3) is 1.43 Å². The average molecular weight is 228 g/mol. The molecule has 0 aliphatic rings. The maximum atomic E-state index is 11.5. The molecule has 2 N–H and O–H groups in total. The van der Waals surface area contributed by atoms with Crippen molar-refractivity contribution < 1.29 is 21.9 Å². The zero-order valence-corrected chi connectivity index (χ0v) is 9.47. The number of carboxylic acids is 1. The van der Waals surface area contributed by atoms with Crippen LogP contribution < -0.4 is 0 Å². The Bertz CT molecular complexity index is 578. The van der Waals surface area contributed by atoms with Crippen LogP contribution in [0.2, 0.25) is 0 Å². The van der Waals surface area contributed by atoms with E-state index in [0.29, 0.717) is 0 Å². The summed E-state index contributed by atoms with van der Waals surface area (Å²) in [7, 11) is 0. The standard InChI is InChI=1S/C13H18O3/c1-9(12(14)15)11-6-4-10(5-7-11)8-13(2,3)16/h4-7,9,16H,8H2,1-3H3,(H,14,15)/i4D,5D,6D,7D,9D/hD. The first-order valence-corrected chi connectivity index (χ1v) is 4.84. The third-order valence-electron chi connectivity index (χ3n) is 1.97. The number of carbonyl (C=O) groups is 1. The monoisotopic (exact) mass is 228 g/mol. The Morgan fingerprint density at radius 2 is 2.12 bits per heavy atom. The number of hydrogen-bond acceptors (Lipinski definition) is 3. The average Bonchev–Trinajstić information content (AvgIpc) is 2.39. The van der Waals surface area contributed by atoms with E-state index in [9.17, 15) is 9.90 Å². The number of aliphatic carboxylic acids is 1.